The lowest BCUT2D eigenvalue weighted by molar-refractivity contribution is 0.0595. The van der Waals surface area contributed by atoms with Crippen LogP contribution in [0, 0.1) is 5.92 Å². The molecule has 0 radical (unpaired) electrons. The summed E-state index contributed by atoms with van der Waals surface area (Å²) in [6.45, 7) is 1.75. The van der Waals surface area contributed by atoms with Gasteiger partial charge in [0.1, 0.15) is 0 Å². The molecule has 6 nitrogen and oxygen atoms in total. The first-order valence-electron chi connectivity index (χ1n) is 7.42. The maximum atomic E-state index is 12.6. The van der Waals surface area contributed by atoms with Gasteiger partial charge in [0.15, 0.2) is 11.5 Å². The van der Waals surface area contributed by atoms with Crippen molar-refractivity contribution in [3.63, 3.8) is 0 Å². The van der Waals surface area contributed by atoms with Crippen LogP contribution in [-0.2, 0) is 11.8 Å². The Bertz CT molecular complexity index is 730. The zero-order valence-electron chi connectivity index (χ0n) is 12.8. The highest BCUT2D eigenvalue weighted by Gasteiger charge is 2.24. The first kappa shape index (κ1) is 14.7. The van der Waals surface area contributed by atoms with Crippen LogP contribution in [0.2, 0.25) is 0 Å². The maximum absolute atomic E-state index is 12.6. The number of ether oxygens (including phenoxy) is 1. The molecule has 0 bridgehead atoms. The number of carbonyl (C=O) groups is 2. The number of rotatable bonds is 3. The number of hydrogen-bond donors (Lipinski definition) is 1. The summed E-state index contributed by atoms with van der Waals surface area (Å²) in [7, 11) is 3.09. The number of methoxy groups -OCH3 is 1. The molecule has 1 aromatic heterocycles. The average Bonchev–Trinajstić information content (AvgIpc) is 2.90. The second-order valence-corrected chi connectivity index (χ2v) is 5.58. The van der Waals surface area contributed by atoms with E-state index in [0.29, 0.717) is 10.9 Å². The molecule has 1 N–H and O–H groups in total. The van der Waals surface area contributed by atoms with Crippen LogP contribution in [0.3, 0.4) is 0 Å². The Balaban J connectivity index is 2.01. The van der Waals surface area contributed by atoms with Gasteiger partial charge in [-0.1, -0.05) is 0 Å². The number of piperidine rings is 1. The van der Waals surface area contributed by atoms with E-state index >= 15 is 0 Å². The summed E-state index contributed by atoms with van der Waals surface area (Å²) in [5, 5.41) is 8.11. The van der Waals surface area contributed by atoms with Crippen LogP contribution < -0.4 is 5.32 Å². The van der Waals surface area contributed by atoms with E-state index in [-0.39, 0.29) is 17.4 Å². The first-order valence-corrected chi connectivity index (χ1v) is 7.42. The molecule has 0 spiro atoms. The summed E-state index contributed by atoms with van der Waals surface area (Å²) in [6.07, 6.45) is 1.71. The van der Waals surface area contributed by atoms with Crippen molar-refractivity contribution in [3.8, 4) is 0 Å². The Labute approximate surface area is 128 Å². The first-order chi connectivity index (χ1) is 10.6. The lowest BCUT2D eigenvalue weighted by Crippen LogP contribution is -2.31. The van der Waals surface area contributed by atoms with Crippen molar-refractivity contribution in [2.24, 2.45) is 13.0 Å². The molecule has 0 saturated carbocycles. The van der Waals surface area contributed by atoms with E-state index in [1.54, 1.807) is 17.8 Å². The smallest absolute Gasteiger partial charge is 0.359 e. The minimum Gasteiger partial charge on any atom is -0.464 e. The Morgan fingerprint density at radius 3 is 2.73 bits per heavy atom. The summed E-state index contributed by atoms with van der Waals surface area (Å²) < 4.78 is 6.39. The topological polar surface area (TPSA) is 73.2 Å². The minimum absolute atomic E-state index is 0.0527. The van der Waals surface area contributed by atoms with Crippen molar-refractivity contribution in [1.29, 1.82) is 0 Å². The van der Waals surface area contributed by atoms with Crippen LogP contribution in [0.1, 0.15) is 33.7 Å². The highest BCUT2D eigenvalue weighted by molar-refractivity contribution is 6.06. The molecule has 116 valence electrons. The molecule has 0 unspecified atom stereocenters. The van der Waals surface area contributed by atoms with Crippen LogP contribution in [0.15, 0.2) is 18.2 Å². The Morgan fingerprint density at radius 1 is 1.32 bits per heavy atom. The van der Waals surface area contributed by atoms with Crippen molar-refractivity contribution >= 4 is 22.7 Å². The molecular formula is C16H19N3O3. The second kappa shape index (κ2) is 5.88. The van der Waals surface area contributed by atoms with E-state index in [1.807, 2.05) is 12.1 Å². The number of esters is 1. The molecule has 3 rings (SSSR count). The molecule has 6 heteroatoms. The van der Waals surface area contributed by atoms with Crippen LogP contribution in [0.4, 0.5) is 0 Å². The molecule has 1 aliphatic heterocycles. The fourth-order valence-electron chi connectivity index (χ4n) is 2.99. The minimum atomic E-state index is -0.489. The Kier molecular flexibility index (Phi) is 3.94. The number of ketones is 1. The largest absolute Gasteiger partial charge is 0.464 e. The van der Waals surface area contributed by atoms with Gasteiger partial charge in [-0.25, -0.2) is 4.79 Å². The van der Waals surface area contributed by atoms with Crippen molar-refractivity contribution < 1.29 is 14.3 Å². The lowest BCUT2D eigenvalue weighted by atomic mass is 9.89. The molecule has 0 atom stereocenters. The number of hydrogen-bond acceptors (Lipinski definition) is 5. The fourth-order valence-corrected chi connectivity index (χ4v) is 2.99. The molecule has 2 aromatic rings. The van der Waals surface area contributed by atoms with Gasteiger partial charge in [0.25, 0.3) is 0 Å². The third-order valence-corrected chi connectivity index (χ3v) is 4.22. The average molecular weight is 301 g/mol. The van der Waals surface area contributed by atoms with Gasteiger partial charge < -0.3 is 10.1 Å². The third kappa shape index (κ3) is 2.50. The van der Waals surface area contributed by atoms with Gasteiger partial charge in [-0.05, 0) is 44.1 Å². The molecule has 22 heavy (non-hydrogen) atoms. The second-order valence-electron chi connectivity index (χ2n) is 5.58. The molecule has 0 amide bonds. The molecule has 1 aromatic carbocycles. The van der Waals surface area contributed by atoms with E-state index in [0.717, 1.165) is 31.4 Å². The molecular weight excluding hydrogens is 282 g/mol. The summed E-state index contributed by atoms with van der Waals surface area (Å²) in [5.74, 6) is -0.294. The van der Waals surface area contributed by atoms with E-state index in [9.17, 15) is 9.59 Å². The summed E-state index contributed by atoms with van der Waals surface area (Å²) in [4.78, 5) is 24.5. The number of nitrogens with one attached hydrogen (secondary N) is 1. The van der Waals surface area contributed by atoms with Gasteiger partial charge in [0.05, 0.1) is 12.6 Å². The maximum Gasteiger partial charge on any atom is 0.359 e. The summed E-state index contributed by atoms with van der Waals surface area (Å²) >= 11 is 0. The predicted octanol–water partition coefficient (Wildman–Crippen LogP) is 1.54. The standard InChI is InChI=1S/C16H19N3O3/c1-19-13-4-3-11(15(20)10-5-7-17-8-6-10)9-12(13)14(18-19)16(21)22-2/h3-4,9-10,17H,5-8H2,1-2H3. The van der Waals surface area contributed by atoms with E-state index in [1.165, 1.54) is 7.11 Å². The van der Waals surface area contributed by atoms with Gasteiger partial charge in [0, 0.05) is 23.9 Å². The van der Waals surface area contributed by atoms with E-state index < -0.39 is 5.97 Å². The summed E-state index contributed by atoms with van der Waals surface area (Å²) in [5.41, 5.74) is 1.69. The zero-order valence-corrected chi connectivity index (χ0v) is 12.8. The van der Waals surface area contributed by atoms with Gasteiger partial charge in [-0.3, -0.25) is 9.48 Å². The molecule has 1 aliphatic rings. The van der Waals surface area contributed by atoms with Crippen LogP contribution in [0.25, 0.3) is 10.9 Å². The number of aryl methyl sites for hydroxylation is 1. The highest BCUT2D eigenvalue weighted by Crippen LogP contribution is 2.24. The SMILES string of the molecule is COC(=O)c1nn(C)c2ccc(C(=O)C3CCNCC3)cc12. The van der Waals surface area contributed by atoms with E-state index in [4.69, 9.17) is 4.74 Å². The highest BCUT2D eigenvalue weighted by atomic mass is 16.5. The summed E-state index contributed by atoms with van der Waals surface area (Å²) in [6, 6.07) is 5.41. The predicted molar refractivity (Wildman–Crippen MR) is 82.0 cm³/mol. The van der Waals surface area contributed by atoms with Gasteiger partial charge in [-0.15, -0.1) is 0 Å². The number of nitrogens with zero attached hydrogens (tertiary/aromatic N) is 2. The molecule has 1 fully saturated rings. The Morgan fingerprint density at radius 2 is 2.05 bits per heavy atom. The number of fused-ring (bicyclic) bond motifs is 1. The van der Waals surface area contributed by atoms with E-state index in [2.05, 4.69) is 10.4 Å². The third-order valence-electron chi connectivity index (χ3n) is 4.22. The van der Waals surface area contributed by atoms with Crippen molar-refractivity contribution in [3.05, 3.63) is 29.5 Å². The molecule has 0 aliphatic carbocycles. The van der Waals surface area contributed by atoms with Crippen molar-refractivity contribution in [2.45, 2.75) is 12.8 Å². The quantitative estimate of drug-likeness (QED) is 0.687. The fraction of sp³-hybridized carbons (Fsp3) is 0.438. The van der Waals surface area contributed by atoms with Crippen LogP contribution >= 0.6 is 0 Å². The number of benzene rings is 1. The zero-order chi connectivity index (χ0) is 15.7. The van der Waals surface area contributed by atoms with Gasteiger partial charge in [-0.2, -0.15) is 5.10 Å². The van der Waals surface area contributed by atoms with Gasteiger partial charge >= 0.3 is 5.97 Å². The van der Waals surface area contributed by atoms with Crippen molar-refractivity contribution in [1.82, 2.24) is 15.1 Å². The van der Waals surface area contributed by atoms with Crippen LogP contribution in [-0.4, -0.2) is 41.7 Å². The lowest BCUT2D eigenvalue weighted by Gasteiger charge is -2.21. The number of aromatic nitrogens is 2. The molecule has 1 saturated heterocycles. The number of Topliss-reactive ketones (excluding diaryl/α,β-unsaturated/α-hetero) is 1. The van der Waals surface area contributed by atoms with Gasteiger partial charge in [0.2, 0.25) is 0 Å². The molecule has 2 heterocycles. The van der Waals surface area contributed by atoms with Crippen molar-refractivity contribution in [2.75, 3.05) is 20.2 Å². The monoisotopic (exact) mass is 301 g/mol. The van der Waals surface area contributed by atoms with Crippen LogP contribution in [0.5, 0.6) is 0 Å². The Hall–Kier alpha value is -2.21. The number of carbonyl (C=O) groups excluding carboxylic acids is 2. The normalized spacial score (nSPS) is 15.9.